The molecular weight excluding hydrogens is 458 g/mol. The van der Waals surface area contributed by atoms with Gasteiger partial charge >= 0.3 is 5.97 Å². The van der Waals surface area contributed by atoms with Crippen molar-refractivity contribution in [2.24, 2.45) is 11.7 Å². The third-order valence-corrected chi connectivity index (χ3v) is 5.56. The molecule has 192 valence electrons. The van der Waals surface area contributed by atoms with Crippen LogP contribution in [0.25, 0.3) is 10.9 Å². The molecule has 0 saturated carbocycles. The van der Waals surface area contributed by atoms with E-state index in [9.17, 15) is 34.5 Å². The summed E-state index contributed by atoms with van der Waals surface area (Å²) in [5.41, 5.74) is 7.72. The van der Waals surface area contributed by atoms with Crippen molar-refractivity contribution in [2.75, 3.05) is 6.61 Å². The number of carboxylic acid groups (broad SMARTS) is 1. The second-order valence-electron chi connectivity index (χ2n) is 8.71. The highest BCUT2D eigenvalue weighted by atomic mass is 16.4. The predicted octanol–water partition coefficient (Wildman–Crippen LogP) is -1.39. The molecule has 0 spiro atoms. The van der Waals surface area contributed by atoms with E-state index in [0.717, 1.165) is 16.5 Å². The number of hydrogen-bond donors (Lipinski definition) is 8. The van der Waals surface area contributed by atoms with Gasteiger partial charge in [-0.05, 0) is 30.9 Å². The van der Waals surface area contributed by atoms with Gasteiger partial charge in [-0.25, -0.2) is 4.79 Å². The number of hydrogen-bond acceptors (Lipinski definition) is 7. The molecule has 0 aliphatic heterocycles. The molecule has 0 aliphatic rings. The molecule has 9 N–H and O–H groups in total. The Labute approximate surface area is 202 Å². The molecule has 35 heavy (non-hydrogen) atoms. The van der Waals surface area contributed by atoms with Gasteiger partial charge in [0.05, 0.1) is 18.8 Å². The molecular formula is C23H33N5O7. The monoisotopic (exact) mass is 491 g/mol. The maximum Gasteiger partial charge on any atom is 0.326 e. The first-order valence-electron chi connectivity index (χ1n) is 11.2. The van der Waals surface area contributed by atoms with Gasteiger partial charge in [0.25, 0.3) is 0 Å². The van der Waals surface area contributed by atoms with Gasteiger partial charge in [-0.15, -0.1) is 0 Å². The highest BCUT2D eigenvalue weighted by Gasteiger charge is 2.33. The maximum absolute atomic E-state index is 12.7. The smallest absolute Gasteiger partial charge is 0.326 e. The zero-order valence-electron chi connectivity index (χ0n) is 19.8. The average molecular weight is 492 g/mol. The summed E-state index contributed by atoms with van der Waals surface area (Å²) in [5.74, 6) is -4.29. The summed E-state index contributed by atoms with van der Waals surface area (Å²) in [5, 5.41) is 36.6. The van der Waals surface area contributed by atoms with Crippen LogP contribution in [0.2, 0.25) is 0 Å². The van der Waals surface area contributed by atoms with Crippen LogP contribution in [0, 0.1) is 5.92 Å². The number of aromatic amines is 1. The number of fused-ring (bicyclic) bond motifs is 1. The average Bonchev–Trinajstić information content (AvgIpc) is 3.20. The molecule has 1 aromatic heterocycles. The highest BCUT2D eigenvalue weighted by molar-refractivity contribution is 5.94. The number of carbonyl (C=O) groups is 4. The first kappa shape index (κ1) is 27.8. The third kappa shape index (κ3) is 7.25. The van der Waals surface area contributed by atoms with Gasteiger partial charge in [-0.2, -0.15) is 0 Å². The summed E-state index contributed by atoms with van der Waals surface area (Å²) >= 11 is 0. The lowest BCUT2D eigenvalue weighted by Gasteiger charge is -2.26. The van der Waals surface area contributed by atoms with Crippen LogP contribution in [0.3, 0.4) is 0 Å². The molecule has 0 aliphatic carbocycles. The van der Waals surface area contributed by atoms with Crippen LogP contribution in [-0.2, 0) is 25.6 Å². The molecule has 3 amide bonds. The number of carboxylic acids is 1. The fraction of sp³-hybridized carbons (Fsp3) is 0.478. The molecule has 2 rings (SSSR count). The van der Waals surface area contributed by atoms with Crippen molar-refractivity contribution in [3.05, 3.63) is 36.0 Å². The fourth-order valence-electron chi connectivity index (χ4n) is 3.52. The summed E-state index contributed by atoms with van der Waals surface area (Å²) < 4.78 is 0. The third-order valence-electron chi connectivity index (χ3n) is 5.56. The Bertz CT molecular complexity index is 1050. The Morgan fingerprint density at radius 3 is 2.17 bits per heavy atom. The largest absolute Gasteiger partial charge is 0.480 e. The topological polar surface area (TPSA) is 207 Å². The molecule has 12 nitrogen and oxygen atoms in total. The number of rotatable bonds is 12. The van der Waals surface area contributed by atoms with E-state index >= 15 is 0 Å². The Kier molecular flexibility index (Phi) is 9.75. The van der Waals surface area contributed by atoms with Crippen molar-refractivity contribution in [3.63, 3.8) is 0 Å². The van der Waals surface area contributed by atoms with Crippen molar-refractivity contribution in [2.45, 2.75) is 57.5 Å². The predicted molar refractivity (Wildman–Crippen MR) is 127 cm³/mol. The molecule has 0 fully saturated rings. The van der Waals surface area contributed by atoms with E-state index in [1.165, 1.54) is 6.92 Å². The van der Waals surface area contributed by atoms with Gasteiger partial charge in [0.1, 0.15) is 18.1 Å². The van der Waals surface area contributed by atoms with Crippen LogP contribution < -0.4 is 21.7 Å². The van der Waals surface area contributed by atoms with Crippen LogP contribution in [-0.4, -0.2) is 80.9 Å². The normalized spacial score (nSPS) is 15.6. The Morgan fingerprint density at radius 2 is 1.60 bits per heavy atom. The maximum atomic E-state index is 12.7. The summed E-state index contributed by atoms with van der Waals surface area (Å²) in [7, 11) is 0. The van der Waals surface area contributed by atoms with Crippen molar-refractivity contribution < 1.29 is 34.5 Å². The van der Waals surface area contributed by atoms with Gasteiger partial charge in [0, 0.05) is 17.1 Å². The molecule has 5 atom stereocenters. The second kappa shape index (κ2) is 12.3. The minimum atomic E-state index is -1.50. The number of carbonyl (C=O) groups excluding carboxylic acids is 3. The molecule has 1 aromatic carbocycles. The van der Waals surface area contributed by atoms with Crippen molar-refractivity contribution in [1.29, 1.82) is 0 Å². The molecule has 0 radical (unpaired) electrons. The van der Waals surface area contributed by atoms with Crippen LogP contribution in [0.4, 0.5) is 0 Å². The van der Waals surface area contributed by atoms with E-state index in [4.69, 9.17) is 5.73 Å². The summed E-state index contributed by atoms with van der Waals surface area (Å²) in [4.78, 5) is 52.2. The van der Waals surface area contributed by atoms with E-state index in [2.05, 4.69) is 20.9 Å². The van der Waals surface area contributed by atoms with Crippen LogP contribution >= 0.6 is 0 Å². The molecule has 5 unspecified atom stereocenters. The Morgan fingerprint density at radius 1 is 0.971 bits per heavy atom. The van der Waals surface area contributed by atoms with Crippen molar-refractivity contribution >= 4 is 34.6 Å². The summed E-state index contributed by atoms with van der Waals surface area (Å²) in [6.45, 7) is 3.61. The Balaban J connectivity index is 2.04. The summed E-state index contributed by atoms with van der Waals surface area (Å²) in [6.07, 6.45) is 0.546. The zero-order chi connectivity index (χ0) is 26.3. The number of para-hydroxylation sites is 1. The number of nitrogens with two attached hydrogens (primary N) is 1. The number of aliphatic hydroxyl groups excluding tert-OH is 2. The van der Waals surface area contributed by atoms with Gasteiger partial charge in [0.15, 0.2) is 0 Å². The molecule has 0 bridgehead atoms. The van der Waals surface area contributed by atoms with E-state index < -0.39 is 66.5 Å². The number of aliphatic hydroxyl groups is 2. The second-order valence-corrected chi connectivity index (χ2v) is 8.71. The van der Waals surface area contributed by atoms with Crippen molar-refractivity contribution in [3.8, 4) is 0 Å². The van der Waals surface area contributed by atoms with Gasteiger partial charge < -0.3 is 42.0 Å². The van der Waals surface area contributed by atoms with Gasteiger partial charge in [0.2, 0.25) is 17.7 Å². The number of nitrogens with one attached hydrogen (secondary N) is 4. The van der Waals surface area contributed by atoms with Gasteiger partial charge in [-0.3, -0.25) is 14.4 Å². The van der Waals surface area contributed by atoms with E-state index in [0.29, 0.717) is 0 Å². The summed E-state index contributed by atoms with van der Waals surface area (Å²) in [6, 6.07) is 2.24. The van der Waals surface area contributed by atoms with Crippen LogP contribution in [0.15, 0.2) is 30.5 Å². The number of aromatic nitrogens is 1. The van der Waals surface area contributed by atoms with E-state index in [-0.39, 0.29) is 6.42 Å². The van der Waals surface area contributed by atoms with Crippen molar-refractivity contribution in [1.82, 2.24) is 20.9 Å². The SMILES string of the molecule is CC(C)C(NC(=O)C(CO)NC(=O)C(NC(=O)C(N)Cc1c[nH]c2ccccc12)C(C)O)C(=O)O. The minimum Gasteiger partial charge on any atom is -0.480 e. The van der Waals surface area contributed by atoms with Gasteiger partial charge in [-0.1, -0.05) is 32.0 Å². The molecule has 1 heterocycles. The number of amides is 3. The van der Waals surface area contributed by atoms with Crippen LogP contribution in [0.1, 0.15) is 26.3 Å². The molecule has 0 saturated heterocycles. The lowest BCUT2D eigenvalue weighted by Crippen LogP contribution is -2.61. The van der Waals surface area contributed by atoms with Crippen LogP contribution in [0.5, 0.6) is 0 Å². The quantitative estimate of drug-likeness (QED) is 0.177. The first-order valence-corrected chi connectivity index (χ1v) is 11.2. The lowest BCUT2D eigenvalue weighted by atomic mass is 10.0. The van der Waals surface area contributed by atoms with E-state index in [1.807, 2.05) is 24.3 Å². The highest BCUT2D eigenvalue weighted by Crippen LogP contribution is 2.18. The first-order chi connectivity index (χ1) is 16.5. The number of H-pyrrole nitrogens is 1. The minimum absolute atomic E-state index is 0.164. The standard InChI is InChI=1S/C23H33N5O7/c1-11(2)18(23(34)35)27-21(32)17(10-29)26-22(33)19(12(3)30)28-20(31)15(24)8-13-9-25-16-7-5-4-6-14(13)16/h4-7,9,11-12,15,17-19,25,29-30H,8,10,24H2,1-3H3,(H,26,33)(H,27,32)(H,28,31)(H,34,35). The number of benzene rings is 1. The molecule has 12 heteroatoms. The lowest BCUT2D eigenvalue weighted by molar-refractivity contribution is -0.144. The fourth-order valence-corrected chi connectivity index (χ4v) is 3.52. The molecule has 2 aromatic rings. The Hall–Kier alpha value is -3.48. The zero-order valence-corrected chi connectivity index (χ0v) is 19.8. The van der Waals surface area contributed by atoms with E-state index in [1.54, 1.807) is 20.0 Å². The number of aliphatic carboxylic acids is 1.